The van der Waals surface area contributed by atoms with Gasteiger partial charge in [0.25, 0.3) is 0 Å². The molecule has 0 unspecified atom stereocenters. The van der Waals surface area contributed by atoms with Crippen molar-refractivity contribution in [1.29, 1.82) is 0 Å². The van der Waals surface area contributed by atoms with Gasteiger partial charge in [-0.1, -0.05) is 38.5 Å². The molecule has 0 aliphatic heterocycles. The fourth-order valence-corrected chi connectivity index (χ4v) is 4.54. The van der Waals surface area contributed by atoms with Crippen molar-refractivity contribution in [3.8, 4) is 0 Å². The van der Waals surface area contributed by atoms with Crippen molar-refractivity contribution in [2.45, 2.75) is 43.9 Å². The summed E-state index contributed by atoms with van der Waals surface area (Å²) in [7, 11) is 0. The molecular formula is C12H21NS3. The van der Waals surface area contributed by atoms with E-state index in [0.717, 1.165) is 11.5 Å². The molecular weight excluding hydrogens is 254 g/mol. The van der Waals surface area contributed by atoms with Gasteiger partial charge < -0.3 is 0 Å². The molecule has 0 spiro atoms. The Morgan fingerprint density at radius 3 is 2.50 bits per heavy atom. The molecule has 0 saturated carbocycles. The molecule has 1 heterocycles. The van der Waals surface area contributed by atoms with Crippen LogP contribution in [0.3, 0.4) is 0 Å². The number of thiol groups is 1. The quantitative estimate of drug-likeness (QED) is 0.543. The Hall–Kier alpha value is 0.330. The minimum Gasteiger partial charge on any atom is -0.238 e. The van der Waals surface area contributed by atoms with Crippen LogP contribution in [0.5, 0.6) is 0 Å². The standard InChI is InChI=1S/C12H21NS3/c1-3-5-12(9-14,6-4-2)10-16-11-13-7-8-15-11/h7-8,14H,3-6,9-10H2,1-2H3. The molecule has 0 amide bonds. The van der Waals surface area contributed by atoms with Crippen LogP contribution in [0.1, 0.15) is 39.5 Å². The van der Waals surface area contributed by atoms with Gasteiger partial charge in [-0.25, -0.2) is 4.98 Å². The summed E-state index contributed by atoms with van der Waals surface area (Å²) in [5, 5.41) is 2.05. The summed E-state index contributed by atoms with van der Waals surface area (Å²) in [6.07, 6.45) is 6.94. The summed E-state index contributed by atoms with van der Waals surface area (Å²) in [5.41, 5.74) is 0.406. The number of rotatable bonds is 8. The Balaban J connectivity index is 2.54. The van der Waals surface area contributed by atoms with Crippen molar-refractivity contribution in [1.82, 2.24) is 4.98 Å². The van der Waals surface area contributed by atoms with E-state index < -0.39 is 0 Å². The van der Waals surface area contributed by atoms with Crippen LogP contribution >= 0.6 is 35.7 Å². The smallest absolute Gasteiger partial charge is 0.149 e. The molecule has 92 valence electrons. The van der Waals surface area contributed by atoms with Crippen molar-refractivity contribution >= 4 is 35.7 Å². The predicted molar refractivity (Wildman–Crippen MR) is 78.9 cm³/mol. The SMILES string of the molecule is CCCC(CS)(CCC)CSc1nccs1. The summed E-state index contributed by atoms with van der Waals surface area (Å²) >= 11 is 8.20. The molecule has 0 fully saturated rings. The lowest BCUT2D eigenvalue weighted by Gasteiger charge is -2.31. The van der Waals surface area contributed by atoms with E-state index in [-0.39, 0.29) is 0 Å². The zero-order valence-corrected chi connectivity index (χ0v) is 12.6. The molecule has 1 aromatic heterocycles. The maximum absolute atomic E-state index is 4.57. The molecule has 0 bridgehead atoms. The van der Waals surface area contributed by atoms with Crippen molar-refractivity contribution in [3.05, 3.63) is 11.6 Å². The highest BCUT2D eigenvalue weighted by Crippen LogP contribution is 2.37. The van der Waals surface area contributed by atoms with E-state index in [2.05, 4.69) is 31.5 Å². The minimum atomic E-state index is 0.406. The maximum atomic E-state index is 4.57. The van der Waals surface area contributed by atoms with Gasteiger partial charge in [0.2, 0.25) is 0 Å². The Labute approximate surface area is 113 Å². The van der Waals surface area contributed by atoms with E-state index in [9.17, 15) is 0 Å². The summed E-state index contributed by atoms with van der Waals surface area (Å²) < 4.78 is 1.19. The molecule has 0 aromatic carbocycles. The fourth-order valence-electron chi connectivity index (χ4n) is 2.03. The van der Waals surface area contributed by atoms with Gasteiger partial charge in [-0.2, -0.15) is 12.6 Å². The van der Waals surface area contributed by atoms with Gasteiger partial charge in [-0.05, 0) is 24.0 Å². The van der Waals surface area contributed by atoms with E-state index in [1.807, 2.05) is 23.3 Å². The summed E-state index contributed by atoms with van der Waals surface area (Å²) in [5.74, 6) is 2.15. The minimum absolute atomic E-state index is 0.406. The van der Waals surface area contributed by atoms with Crippen LogP contribution in [0.4, 0.5) is 0 Å². The van der Waals surface area contributed by atoms with E-state index in [1.54, 1.807) is 11.3 Å². The van der Waals surface area contributed by atoms with Crippen LogP contribution in [0.2, 0.25) is 0 Å². The highest BCUT2D eigenvalue weighted by Gasteiger charge is 2.27. The zero-order chi connectivity index (χ0) is 11.9. The number of hydrogen-bond acceptors (Lipinski definition) is 4. The number of thioether (sulfide) groups is 1. The molecule has 0 atom stereocenters. The van der Waals surface area contributed by atoms with Gasteiger partial charge in [0.05, 0.1) is 0 Å². The fraction of sp³-hybridized carbons (Fsp3) is 0.750. The third-order valence-corrected chi connectivity index (χ3v) is 5.79. The average Bonchev–Trinajstić information content (AvgIpc) is 2.79. The third kappa shape index (κ3) is 4.30. The lowest BCUT2D eigenvalue weighted by Crippen LogP contribution is -2.25. The number of nitrogens with zero attached hydrogens (tertiary/aromatic N) is 1. The molecule has 1 rings (SSSR count). The van der Waals surface area contributed by atoms with E-state index in [4.69, 9.17) is 0 Å². The van der Waals surface area contributed by atoms with Crippen molar-refractivity contribution in [3.63, 3.8) is 0 Å². The molecule has 16 heavy (non-hydrogen) atoms. The monoisotopic (exact) mass is 275 g/mol. The molecule has 1 nitrogen and oxygen atoms in total. The molecule has 0 radical (unpaired) electrons. The number of hydrogen-bond donors (Lipinski definition) is 1. The van der Waals surface area contributed by atoms with Gasteiger partial charge >= 0.3 is 0 Å². The molecule has 0 saturated heterocycles. The van der Waals surface area contributed by atoms with Crippen LogP contribution in [-0.4, -0.2) is 16.5 Å². The number of thiazole rings is 1. The first-order valence-electron chi connectivity index (χ1n) is 5.89. The lowest BCUT2D eigenvalue weighted by molar-refractivity contribution is 0.318. The molecule has 0 N–H and O–H groups in total. The second kappa shape index (κ2) is 7.62. The Kier molecular flexibility index (Phi) is 6.85. The van der Waals surface area contributed by atoms with E-state index in [1.165, 1.54) is 30.0 Å². The molecule has 4 heteroatoms. The van der Waals surface area contributed by atoms with E-state index >= 15 is 0 Å². The van der Waals surface area contributed by atoms with Crippen molar-refractivity contribution in [2.24, 2.45) is 5.41 Å². The Morgan fingerprint density at radius 1 is 1.38 bits per heavy atom. The van der Waals surface area contributed by atoms with Crippen LogP contribution in [-0.2, 0) is 0 Å². The van der Waals surface area contributed by atoms with Gasteiger partial charge in [0.1, 0.15) is 4.34 Å². The maximum Gasteiger partial charge on any atom is 0.149 e. The first kappa shape index (κ1) is 14.4. The second-order valence-electron chi connectivity index (χ2n) is 4.24. The van der Waals surface area contributed by atoms with E-state index in [0.29, 0.717) is 5.41 Å². The van der Waals surface area contributed by atoms with Crippen LogP contribution in [0, 0.1) is 5.41 Å². The average molecular weight is 276 g/mol. The molecule has 0 aliphatic carbocycles. The molecule has 1 aromatic rings. The largest absolute Gasteiger partial charge is 0.238 e. The summed E-state index contributed by atoms with van der Waals surface area (Å²) in [6, 6.07) is 0. The number of aromatic nitrogens is 1. The van der Waals surface area contributed by atoms with Gasteiger partial charge in [0, 0.05) is 17.3 Å². The zero-order valence-electron chi connectivity index (χ0n) is 10.1. The van der Waals surface area contributed by atoms with Crippen molar-refractivity contribution < 1.29 is 0 Å². The molecule has 0 aliphatic rings. The van der Waals surface area contributed by atoms with Gasteiger partial charge in [-0.15, -0.1) is 11.3 Å². The predicted octanol–water partition coefficient (Wildman–Crippen LogP) is 4.75. The normalized spacial score (nSPS) is 11.9. The Morgan fingerprint density at radius 2 is 2.06 bits per heavy atom. The second-order valence-corrected chi connectivity index (χ2v) is 6.68. The summed E-state index contributed by atoms with van der Waals surface area (Å²) in [6.45, 7) is 4.53. The highest BCUT2D eigenvalue weighted by atomic mass is 32.2. The van der Waals surface area contributed by atoms with Gasteiger partial charge in [0.15, 0.2) is 0 Å². The highest BCUT2D eigenvalue weighted by molar-refractivity contribution is 8.01. The van der Waals surface area contributed by atoms with Crippen LogP contribution in [0.15, 0.2) is 15.9 Å². The summed E-state index contributed by atoms with van der Waals surface area (Å²) in [4.78, 5) is 4.33. The third-order valence-electron chi connectivity index (χ3n) is 2.81. The van der Waals surface area contributed by atoms with Crippen LogP contribution < -0.4 is 0 Å². The van der Waals surface area contributed by atoms with Crippen LogP contribution in [0.25, 0.3) is 0 Å². The topological polar surface area (TPSA) is 12.9 Å². The van der Waals surface area contributed by atoms with Crippen molar-refractivity contribution in [2.75, 3.05) is 11.5 Å². The Bertz CT molecular complexity index is 266. The van der Waals surface area contributed by atoms with Gasteiger partial charge in [-0.3, -0.25) is 0 Å². The first-order chi connectivity index (χ1) is 7.76. The first-order valence-corrected chi connectivity index (χ1v) is 8.39. The lowest BCUT2D eigenvalue weighted by atomic mass is 9.83.